The van der Waals surface area contributed by atoms with Gasteiger partial charge in [-0.1, -0.05) is 0 Å². The first kappa shape index (κ1) is 10.3. The zero-order valence-electron chi connectivity index (χ0n) is 6.20. The van der Waals surface area contributed by atoms with Crippen LogP contribution in [0.25, 0.3) is 0 Å². The van der Waals surface area contributed by atoms with Gasteiger partial charge < -0.3 is 9.05 Å². The molecule has 0 fully saturated rings. The van der Waals surface area contributed by atoms with Crippen LogP contribution in [0.2, 0.25) is 0 Å². The van der Waals surface area contributed by atoms with Gasteiger partial charge in [-0.2, -0.15) is 0 Å². The van der Waals surface area contributed by atoms with Crippen molar-refractivity contribution in [1.82, 2.24) is 0 Å². The van der Waals surface area contributed by atoms with E-state index in [1.54, 1.807) is 0 Å². The van der Waals surface area contributed by atoms with Crippen LogP contribution in [0.1, 0.15) is 0 Å². The molecule has 1 atom stereocenters. The lowest BCUT2D eigenvalue weighted by atomic mass is 11.8. The second-order valence-electron chi connectivity index (χ2n) is 1.68. The molecular formula is C4H11O4PS. The van der Waals surface area contributed by atoms with Crippen LogP contribution in [0.3, 0.4) is 0 Å². The zero-order valence-corrected chi connectivity index (χ0v) is 7.91. The van der Waals surface area contributed by atoms with Crippen LogP contribution >= 0.6 is 7.60 Å². The van der Waals surface area contributed by atoms with Crippen molar-refractivity contribution in [2.45, 2.75) is 0 Å². The first-order chi connectivity index (χ1) is 4.54. The molecular weight excluding hydrogens is 175 g/mol. The second kappa shape index (κ2) is 4.23. The highest BCUT2D eigenvalue weighted by Crippen LogP contribution is 2.46. The Morgan fingerprint density at radius 3 is 1.90 bits per heavy atom. The lowest BCUT2D eigenvalue weighted by molar-refractivity contribution is 0.280. The Kier molecular flexibility index (Phi) is 4.36. The van der Waals surface area contributed by atoms with Gasteiger partial charge in [0.25, 0.3) is 0 Å². The Bertz CT molecular complexity index is 161. The maximum Gasteiger partial charge on any atom is 0.342 e. The highest BCUT2D eigenvalue weighted by Gasteiger charge is 2.22. The van der Waals surface area contributed by atoms with E-state index in [4.69, 9.17) is 0 Å². The zero-order chi connectivity index (χ0) is 8.20. The van der Waals surface area contributed by atoms with Gasteiger partial charge in [0.05, 0.1) is 0 Å². The Morgan fingerprint density at radius 2 is 1.80 bits per heavy atom. The average Bonchev–Trinajstić information content (AvgIpc) is 1.87. The van der Waals surface area contributed by atoms with Gasteiger partial charge in [0.2, 0.25) is 0 Å². The first-order valence-corrected chi connectivity index (χ1v) is 6.00. The Morgan fingerprint density at radius 1 is 1.40 bits per heavy atom. The fraction of sp³-hybridized carbons (Fsp3) is 1.00. The minimum atomic E-state index is -3.04. The average molecular weight is 186 g/mol. The minimum Gasteiger partial charge on any atom is -0.311 e. The number of hydrogen-bond donors (Lipinski definition) is 0. The molecule has 62 valence electrons. The monoisotopic (exact) mass is 186 g/mol. The topological polar surface area (TPSA) is 52.6 Å². The lowest BCUT2D eigenvalue weighted by Crippen LogP contribution is -1.99. The summed E-state index contributed by atoms with van der Waals surface area (Å²) in [5.74, 6) is 0. The summed E-state index contributed by atoms with van der Waals surface area (Å²) in [5.41, 5.74) is -0.0417. The lowest BCUT2D eigenvalue weighted by Gasteiger charge is -2.10. The van der Waals surface area contributed by atoms with E-state index in [0.29, 0.717) is 0 Å². The molecule has 0 bridgehead atoms. The van der Waals surface area contributed by atoms with E-state index in [1.165, 1.54) is 20.5 Å². The van der Waals surface area contributed by atoms with E-state index in [2.05, 4.69) is 9.05 Å². The Balaban J connectivity index is 4.07. The Hall–Kier alpha value is 0.300. The van der Waals surface area contributed by atoms with Crippen LogP contribution in [0, 0.1) is 0 Å². The van der Waals surface area contributed by atoms with Gasteiger partial charge in [-0.25, -0.2) is 0 Å². The summed E-state index contributed by atoms with van der Waals surface area (Å²) >= 11 is 0. The smallest absolute Gasteiger partial charge is 0.311 e. The van der Waals surface area contributed by atoms with Crippen LogP contribution in [-0.4, -0.2) is 30.2 Å². The molecule has 0 heterocycles. The summed E-state index contributed by atoms with van der Waals surface area (Å²) in [6.45, 7) is 0. The SMILES string of the molecule is COP(=O)(CS(C)=O)OC. The molecule has 0 aliphatic rings. The first-order valence-electron chi connectivity index (χ1n) is 2.54. The summed E-state index contributed by atoms with van der Waals surface area (Å²) in [5, 5.41) is 0. The van der Waals surface area contributed by atoms with Crippen molar-refractivity contribution in [3.8, 4) is 0 Å². The summed E-state index contributed by atoms with van der Waals surface area (Å²) < 4.78 is 30.8. The van der Waals surface area contributed by atoms with Crippen molar-refractivity contribution in [1.29, 1.82) is 0 Å². The standard InChI is InChI=1S/C4H11O4PS/c1-7-9(5,8-2)4-10(3)6/h4H2,1-3H3. The largest absolute Gasteiger partial charge is 0.342 e. The van der Waals surface area contributed by atoms with Crippen LogP contribution in [0.15, 0.2) is 0 Å². The third-order valence-electron chi connectivity index (χ3n) is 0.896. The van der Waals surface area contributed by atoms with E-state index in [1.807, 2.05) is 0 Å². The third kappa shape index (κ3) is 3.46. The Labute approximate surface area is 62.9 Å². The normalized spacial score (nSPS) is 15.1. The molecule has 0 radical (unpaired) electrons. The van der Waals surface area contributed by atoms with Crippen LogP contribution in [0.4, 0.5) is 0 Å². The van der Waals surface area contributed by atoms with E-state index >= 15 is 0 Å². The van der Waals surface area contributed by atoms with Gasteiger partial charge in [-0.3, -0.25) is 8.77 Å². The van der Waals surface area contributed by atoms with Crippen LogP contribution < -0.4 is 0 Å². The highest BCUT2D eigenvalue weighted by atomic mass is 32.2. The maximum absolute atomic E-state index is 11.1. The van der Waals surface area contributed by atoms with Crippen molar-refractivity contribution in [3.05, 3.63) is 0 Å². The summed E-state index contributed by atoms with van der Waals surface area (Å²) in [6.07, 6.45) is 1.45. The number of hydrogen-bond acceptors (Lipinski definition) is 4. The quantitative estimate of drug-likeness (QED) is 0.609. The van der Waals surface area contributed by atoms with Crippen molar-refractivity contribution in [2.75, 3.05) is 26.0 Å². The van der Waals surface area contributed by atoms with E-state index < -0.39 is 18.4 Å². The molecule has 0 aliphatic carbocycles. The van der Waals surface area contributed by atoms with E-state index in [0.717, 1.165) is 0 Å². The molecule has 0 rings (SSSR count). The van der Waals surface area contributed by atoms with Gasteiger partial charge in [0.15, 0.2) is 0 Å². The van der Waals surface area contributed by atoms with Gasteiger partial charge in [-0.05, 0) is 0 Å². The molecule has 0 saturated heterocycles. The molecule has 6 heteroatoms. The van der Waals surface area contributed by atoms with Crippen molar-refractivity contribution >= 4 is 18.4 Å². The minimum absolute atomic E-state index is 0.0417. The summed E-state index contributed by atoms with van der Waals surface area (Å²) in [7, 11) is -1.64. The summed E-state index contributed by atoms with van der Waals surface area (Å²) in [4.78, 5) is 0. The molecule has 0 aromatic carbocycles. The summed E-state index contributed by atoms with van der Waals surface area (Å²) in [6, 6.07) is 0. The van der Waals surface area contributed by atoms with E-state index in [-0.39, 0.29) is 5.49 Å². The van der Waals surface area contributed by atoms with Crippen molar-refractivity contribution < 1.29 is 17.8 Å². The predicted octanol–water partition coefficient (Wildman–Crippen LogP) is 0.808. The van der Waals surface area contributed by atoms with Crippen LogP contribution in [0.5, 0.6) is 0 Å². The molecule has 1 unspecified atom stereocenters. The maximum atomic E-state index is 11.1. The molecule has 0 aliphatic heterocycles. The highest BCUT2D eigenvalue weighted by molar-refractivity contribution is 7.91. The van der Waals surface area contributed by atoms with Crippen LogP contribution in [-0.2, 0) is 24.4 Å². The molecule has 4 nitrogen and oxygen atoms in total. The molecule has 0 aromatic heterocycles. The number of rotatable bonds is 4. The van der Waals surface area contributed by atoms with Crippen molar-refractivity contribution in [2.24, 2.45) is 0 Å². The molecule has 0 amide bonds. The third-order valence-corrected chi connectivity index (χ3v) is 4.73. The molecule has 0 saturated carbocycles. The predicted molar refractivity (Wildman–Crippen MR) is 40.6 cm³/mol. The van der Waals surface area contributed by atoms with E-state index in [9.17, 15) is 8.77 Å². The molecule has 0 spiro atoms. The van der Waals surface area contributed by atoms with Gasteiger partial charge in [0, 0.05) is 31.3 Å². The van der Waals surface area contributed by atoms with Crippen molar-refractivity contribution in [3.63, 3.8) is 0 Å². The second-order valence-corrected chi connectivity index (χ2v) is 5.81. The molecule has 10 heavy (non-hydrogen) atoms. The fourth-order valence-electron chi connectivity index (χ4n) is 0.403. The van der Waals surface area contributed by atoms with Gasteiger partial charge >= 0.3 is 7.60 Å². The van der Waals surface area contributed by atoms with Gasteiger partial charge in [0.1, 0.15) is 5.49 Å². The van der Waals surface area contributed by atoms with Gasteiger partial charge in [-0.15, -0.1) is 0 Å². The fourth-order valence-corrected chi connectivity index (χ4v) is 3.18. The molecule has 0 aromatic rings. The molecule has 0 N–H and O–H groups in total.